The zero-order valence-electron chi connectivity index (χ0n) is 6.35. The molecule has 0 aromatic rings. The standard InChI is InChI=1S/C7H12BrNO/c1-7(8,6-9)4-3-5-10-2/h3-5H2,1-2H3. The van der Waals surface area contributed by atoms with E-state index in [1.165, 1.54) is 0 Å². The third-order valence-electron chi connectivity index (χ3n) is 1.23. The van der Waals surface area contributed by atoms with Gasteiger partial charge in [-0.25, -0.2) is 0 Å². The topological polar surface area (TPSA) is 33.0 Å². The van der Waals surface area contributed by atoms with Crippen molar-refractivity contribution in [3.63, 3.8) is 0 Å². The summed E-state index contributed by atoms with van der Waals surface area (Å²) in [6.45, 7) is 2.59. The van der Waals surface area contributed by atoms with Gasteiger partial charge in [-0.15, -0.1) is 0 Å². The minimum atomic E-state index is -0.370. The summed E-state index contributed by atoms with van der Waals surface area (Å²) < 4.78 is 4.48. The van der Waals surface area contributed by atoms with Crippen LogP contribution in [-0.2, 0) is 4.74 Å². The largest absolute Gasteiger partial charge is 0.385 e. The van der Waals surface area contributed by atoms with Crippen LogP contribution < -0.4 is 0 Å². The fraction of sp³-hybridized carbons (Fsp3) is 0.857. The van der Waals surface area contributed by atoms with Crippen LogP contribution in [0.15, 0.2) is 0 Å². The van der Waals surface area contributed by atoms with Crippen LogP contribution in [-0.4, -0.2) is 18.0 Å². The summed E-state index contributed by atoms with van der Waals surface area (Å²) in [6, 6.07) is 2.16. The molecule has 0 heterocycles. The lowest BCUT2D eigenvalue weighted by molar-refractivity contribution is 0.191. The van der Waals surface area contributed by atoms with Crippen LogP contribution in [0.2, 0.25) is 0 Å². The van der Waals surface area contributed by atoms with Crippen LogP contribution in [0, 0.1) is 11.3 Å². The van der Waals surface area contributed by atoms with E-state index in [1.54, 1.807) is 7.11 Å². The van der Waals surface area contributed by atoms with Gasteiger partial charge in [0.15, 0.2) is 0 Å². The summed E-state index contributed by atoms with van der Waals surface area (Å²) in [5.41, 5.74) is 0. The van der Waals surface area contributed by atoms with Gasteiger partial charge in [-0.3, -0.25) is 0 Å². The van der Waals surface area contributed by atoms with E-state index < -0.39 is 0 Å². The van der Waals surface area contributed by atoms with Gasteiger partial charge in [-0.2, -0.15) is 5.26 Å². The van der Waals surface area contributed by atoms with Gasteiger partial charge in [-0.05, 0) is 19.8 Å². The molecule has 0 saturated carbocycles. The summed E-state index contributed by atoms with van der Waals surface area (Å²) in [7, 11) is 1.66. The fourth-order valence-electron chi connectivity index (χ4n) is 0.604. The number of rotatable bonds is 4. The molecule has 10 heavy (non-hydrogen) atoms. The summed E-state index contributed by atoms with van der Waals surface area (Å²) >= 11 is 3.29. The summed E-state index contributed by atoms with van der Waals surface area (Å²) in [5.74, 6) is 0. The van der Waals surface area contributed by atoms with Gasteiger partial charge in [0.2, 0.25) is 0 Å². The highest BCUT2D eigenvalue weighted by atomic mass is 79.9. The van der Waals surface area contributed by atoms with Crippen LogP contribution in [0.4, 0.5) is 0 Å². The van der Waals surface area contributed by atoms with E-state index in [0.717, 1.165) is 19.4 Å². The van der Waals surface area contributed by atoms with Gasteiger partial charge >= 0.3 is 0 Å². The maximum atomic E-state index is 8.56. The van der Waals surface area contributed by atoms with E-state index >= 15 is 0 Å². The lowest BCUT2D eigenvalue weighted by Crippen LogP contribution is -2.12. The van der Waals surface area contributed by atoms with Gasteiger partial charge in [0, 0.05) is 13.7 Å². The molecule has 0 aromatic heterocycles. The molecule has 0 amide bonds. The van der Waals surface area contributed by atoms with Gasteiger partial charge in [0.05, 0.1) is 6.07 Å². The van der Waals surface area contributed by atoms with Crippen molar-refractivity contribution in [3.8, 4) is 6.07 Å². The molecule has 0 bridgehead atoms. The number of hydrogen-bond acceptors (Lipinski definition) is 2. The number of hydrogen-bond donors (Lipinski definition) is 0. The molecule has 2 nitrogen and oxygen atoms in total. The lowest BCUT2D eigenvalue weighted by atomic mass is 10.1. The number of ether oxygens (including phenoxy) is 1. The Bertz CT molecular complexity index is 128. The van der Waals surface area contributed by atoms with E-state index in [9.17, 15) is 0 Å². The molecule has 1 atom stereocenters. The first-order chi connectivity index (χ1) is 4.62. The second-order valence-corrected chi connectivity index (χ2v) is 4.16. The Morgan fingerprint density at radius 3 is 2.70 bits per heavy atom. The summed E-state index contributed by atoms with van der Waals surface area (Å²) in [5, 5.41) is 8.56. The first-order valence-electron chi connectivity index (χ1n) is 3.21. The maximum Gasteiger partial charge on any atom is 0.109 e. The van der Waals surface area contributed by atoms with Crippen LogP contribution in [0.1, 0.15) is 19.8 Å². The Morgan fingerprint density at radius 2 is 2.30 bits per heavy atom. The average Bonchev–Trinajstić information content (AvgIpc) is 1.89. The van der Waals surface area contributed by atoms with Crippen molar-refractivity contribution >= 4 is 15.9 Å². The molecule has 0 rings (SSSR count). The van der Waals surface area contributed by atoms with E-state index in [4.69, 9.17) is 10.00 Å². The Labute approximate surface area is 70.3 Å². The van der Waals surface area contributed by atoms with Crippen molar-refractivity contribution in [2.75, 3.05) is 13.7 Å². The predicted octanol–water partition coefficient (Wildman–Crippen LogP) is 2.09. The van der Waals surface area contributed by atoms with E-state index in [-0.39, 0.29) is 4.32 Å². The number of halogens is 1. The zero-order valence-corrected chi connectivity index (χ0v) is 7.94. The second-order valence-electron chi connectivity index (χ2n) is 2.41. The molecule has 0 radical (unpaired) electrons. The number of alkyl halides is 1. The average molecular weight is 206 g/mol. The van der Waals surface area contributed by atoms with Crippen molar-refractivity contribution in [1.82, 2.24) is 0 Å². The lowest BCUT2D eigenvalue weighted by Gasteiger charge is -2.11. The van der Waals surface area contributed by atoms with Crippen LogP contribution in [0.3, 0.4) is 0 Å². The van der Waals surface area contributed by atoms with Crippen LogP contribution in [0.25, 0.3) is 0 Å². The monoisotopic (exact) mass is 205 g/mol. The number of nitriles is 1. The van der Waals surface area contributed by atoms with Crippen molar-refractivity contribution in [2.45, 2.75) is 24.1 Å². The quantitative estimate of drug-likeness (QED) is 0.521. The van der Waals surface area contributed by atoms with Crippen LogP contribution in [0.5, 0.6) is 0 Å². The molecular weight excluding hydrogens is 194 g/mol. The third kappa shape index (κ3) is 4.78. The first-order valence-corrected chi connectivity index (χ1v) is 4.01. The zero-order chi connectivity index (χ0) is 8.04. The SMILES string of the molecule is COCCCC(C)(Br)C#N. The molecule has 0 aliphatic heterocycles. The first kappa shape index (κ1) is 9.93. The maximum absolute atomic E-state index is 8.56. The highest BCUT2D eigenvalue weighted by Crippen LogP contribution is 2.21. The van der Waals surface area contributed by atoms with E-state index in [1.807, 2.05) is 6.92 Å². The number of methoxy groups -OCH3 is 1. The Morgan fingerprint density at radius 1 is 1.70 bits per heavy atom. The van der Waals surface area contributed by atoms with Gasteiger partial charge in [-0.1, -0.05) is 15.9 Å². The van der Waals surface area contributed by atoms with Crippen molar-refractivity contribution in [2.24, 2.45) is 0 Å². The molecule has 1 unspecified atom stereocenters. The second kappa shape index (κ2) is 4.70. The van der Waals surface area contributed by atoms with Crippen molar-refractivity contribution in [1.29, 1.82) is 5.26 Å². The van der Waals surface area contributed by atoms with Gasteiger partial charge in [0.25, 0.3) is 0 Å². The highest BCUT2D eigenvalue weighted by molar-refractivity contribution is 9.10. The smallest absolute Gasteiger partial charge is 0.109 e. The van der Waals surface area contributed by atoms with Crippen molar-refractivity contribution < 1.29 is 4.74 Å². The van der Waals surface area contributed by atoms with E-state index in [2.05, 4.69) is 22.0 Å². The Balaban J connectivity index is 3.40. The summed E-state index contributed by atoms with van der Waals surface area (Å²) in [4.78, 5) is 0. The Kier molecular flexibility index (Phi) is 4.67. The molecular formula is C7H12BrNO. The molecule has 0 N–H and O–H groups in total. The molecule has 3 heteroatoms. The van der Waals surface area contributed by atoms with Gasteiger partial charge in [0.1, 0.15) is 4.32 Å². The molecule has 0 fully saturated rings. The highest BCUT2D eigenvalue weighted by Gasteiger charge is 2.17. The summed E-state index contributed by atoms with van der Waals surface area (Å²) in [6.07, 6.45) is 1.75. The van der Waals surface area contributed by atoms with Gasteiger partial charge < -0.3 is 4.74 Å². The van der Waals surface area contributed by atoms with Crippen molar-refractivity contribution in [3.05, 3.63) is 0 Å². The normalized spacial score (nSPS) is 15.8. The fourth-order valence-corrected chi connectivity index (χ4v) is 0.885. The Hall–Kier alpha value is -0.0700. The molecule has 0 aromatic carbocycles. The molecule has 0 aliphatic rings. The molecule has 0 spiro atoms. The predicted molar refractivity (Wildman–Crippen MR) is 44.1 cm³/mol. The van der Waals surface area contributed by atoms with E-state index in [0.29, 0.717) is 0 Å². The minimum absolute atomic E-state index is 0.370. The molecule has 0 aliphatic carbocycles. The molecule has 58 valence electrons. The van der Waals surface area contributed by atoms with Crippen LogP contribution >= 0.6 is 15.9 Å². The third-order valence-corrected chi connectivity index (χ3v) is 1.80. The number of nitrogens with zero attached hydrogens (tertiary/aromatic N) is 1. The molecule has 0 saturated heterocycles. The minimum Gasteiger partial charge on any atom is -0.385 e.